The molecule has 3 aromatic rings. The minimum absolute atomic E-state index is 0.0509. The third-order valence-electron chi connectivity index (χ3n) is 2.90. The molecule has 0 amide bonds. The Morgan fingerprint density at radius 1 is 1.10 bits per heavy atom. The summed E-state index contributed by atoms with van der Waals surface area (Å²) in [5.74, 6) is -0.0509. The van der Waals surface area contributed by atoms with Crippen LogP contribution >= 0.6 is 39.1 Å². The predicted octanol–water partition coefficient (Wildman–Crippen LogP) is 6.36. The lowest BCUT2D eigenvalue weighted by molar-refractivity contribution is 0.459. The molecule has 0 bridgehead atoms. The standard InChI is InChI=1S/C14H8BrCl2N3O/c15-7-4-5-10-8(6-7)13(14(21)18-10)20-19-11-3-1-2-9(16)12(11)17/h1-6,18,21H. The van der Waals surface area contributed by atoms with E-state index < -0.39 is 0 Å². The summed E-state index contributed by atoms with van der Waals surface area (Å²) in [7, 11) is 0. The normalized spacial score (nSPS) is 11.6. The van der Waals surface area contributed by atoms with E-state index in [2.05, 4.69) is 31.1 Å². The van der Waals surface area contributed by atoms with Gasteiger partial charge in [0, 0.05) is 9.86 Å². The molecule has 3 rings (SSSR count). The van der Waals surface area contributed by atoms with Gasteiger partial charge in [-0.25, -0.2) is 0 Å². The first-order valence-corrected chi connectivity index (χ1v) is 7.47. The van der Waals surface area contributed by atoms with Crippen molar-refractivity contribution in [2.24, 2.45) is 10.2 Å². The third-order valence-corrected chi connectivity index (χ3v) is 4.21. The number of benzene rings is 2. The number of H-pyrrole nitrogens is 1. The fraction of sp³-hybridized carbons (Fsp3) is 0. The zero-order valence-corrected chi connectivity index (χ0v) is 13.5. The highest BCUT2D eigenvalue weighted by molar-refractivity contribution is 9.10. The van der Waals surface area contributed by atoms with Gasteiger partial charge in [0.2, 0.25) is 5.88 Å². The Hall–Kier alpha value is -1.56. The summed E-state index contributed by atoms with van der Waals surface area (Å²) in [6, 6.07) is 10.6. The maximum Gasteiger partial charge on any atom is 0.218 e. The van der Waals surface area contributed by atoms with E-state index in [1.165, 1.54) is 0 Å². The Balaban J connectivity index is 2.09. The van der Waals surface area contributed by atoms with Crippen LogP contribution in [-0.2, 0) is 0 Å². The summed E-state index contributed by atoms with van der Waals surface area (Å²) in [5.41, 5.74) is 1.55. The molecule has 106 valence electrons. The van der Waals surface area contributed by atoms with Crippen molar-refractivity contribution < 1.29 is 5.11 Å². The Morgan fingerprint density at radius 2 is 1.90 bits per heavy atom. The molecule has 21 heavy (non-hydrogen) atoms. The molecule has 0 saturated heterocycles. The van der Waals surface area contributed by atoms with E-state index in [0.29, 0.717) is 21.4 Å². The fourth-order valence-corrected chi connectivity index (χ4v) is 2.60. The molecule has 0 aliphatic carbocycles. The molecule has 2 N–H and O–H groups in total. The minimum Gasteiger partial charge on any atom is -0.493 e. The molecular weight excluding hydrogens is 377 g/mol. The van der Waals surface area contributed by atoms with Gasteiger partial charge in [-0.05, 0) is 30.3 Å². The van der Waals surface area contributed by atoms with Crippen LogP contribution in [0.3, 0.4) is 0 Å². The van der Waals surface area contributed by atoms with E-state index in [4.69, 9.17) is 23.2 Å². The van der Waals surface area contributed by atoms with Crippen molar-refractivity contribution >= 4 is 61.4 Å². The van der Waals surface area contributed by atoms with E-state index in [0.717, 1.165) is 15.4 Å². The molecule has 0 spiro atoms. The lowest BCUT2D eigenvalue weighted by atomic mass is 10.2. The van der Waals surface area contributed by atoms with Crippen LogP contribution in [0.4, 0.5) is 11.4 Å². The van der Waals surface area contributed by atoms with Gasteiger partial charge < -0.3 is 10.1 Å². The molecule has 2 aromatic carbocycles. The number of halogens is 3. The molecule has 0 aliphatic rings. The molecule has 0 unspecified atom stereocenters. The maximum atomic E-state index is 9.94. The summed E-state index contributed by atoms with van der Waals surface area (Å²) in [4.78, 5) is 2.84. The lowest BCUT2D eigenvalue weighted by Gasteiger charge is -1.98. The Labute approximate surface area is 138 Å². The van der Waals surface area contributed by atoms with Gasteiger partial charge in [0.25, 0.3) is 0 Å². The summed E-state index contributed by atoms with van der Waals surface area (Å²) < 4.78 is 0.881. The fourth-order valence-electron chi connectivity index (χ4n) is 1.91. The molecule has 1 aromatic heterocycles. The first-order valence-electron chi connectivity index (χ1n) is 5.92. The second kappa shape index (κ2) is 5.67. The van der Waals surface area contributed by atoms with Crippen LogP contribution < -0.4 is 0 Å². The smallest absolute Gasteiger partial charge is 0.218 e. The third kappa shape index (κ3) is 2.77. The second-order valence-corrected chi connectivity index (χ2v) is 5.99. The molecule has 0 fully saturated rings. The van der Waals surface area contributed by atoms with Gasteiger partial charge in [0.05, 0.1) is 15.6 Å². The number of aromatic nitrogens is 1. The zero-order valence-electron chi connectivity index (χ0n) is 10.4. The summed E-state index contributed by atoms with van der Waals surface area (Å²) in [6.45, 7) is 0. The Kier molecular flexibility index (Phi) is 3.89. The predicted molar refractivity (Wildman–Crippen MR) is 88.3 cm³/mol. The van der Waals surface area contributed by atoms with Crippen LogP contribution in [0.2, 0.25) is 10.0 Å². The highest BCUT2D eigenvalue weighted by Gasteiger charge is 2.11. The van der Waals surface area contributed by atoms with Crippen molar-refractivity contribution in [2.45, 2.75) is 0 Å². The number of hydrogen-bond donors (Lipinski definition) is 2. The lowest BCUT2D eigenvalue weighted by Crippen LogP contribution is -1.70. The van der Waals surface area contributed by atoms with Gasteiger partial charge in [0.15, 0.2) is 5.69 Å². The van der Waals surface area contributed by atoms with E-state index >= 15 is 0 Å². The monoisotopic (exact) mass is 383 g/mol. The first kappa shape index (κ1) is 14.4. The molecule has 7 heteroatoms. The summed E-state index contributed by atoms with van der Waals surface area (Å²) >= 11 is 15.4. The van der Waals surface area contributed by atoms with Gasteiger partial charge >= 0.3 is 0 Å². The number of fused-ring (bicyclic) bond motifs is 1. The van der Waals surface area contributed by atoms with Crippen molar-refractivity contribution in [3.8, 4) is 5.88 Å². The topological polar surface area (TPSA) is 60.7 Å². The van der Waals surface area contributed by atoms with Crippen molar-refractivity contribution in [1.82, 2.24) is 4.98 Å². The molecular formula is C14H8BrCl2N3O. The van der Waals surface area contributed by atoms with Gasteiger partial charge in [-0.15, -0.1) is 10.2 Å². The van der Waals surface area contributed by atoms with Gasteiger partial charge in [0.1, 0.15) is 5.69 Å². The highest BCUT2D eigenvalue weighted by atomic mass is 79.9. The van der Waals surface area contributed by atoms with Crippen molar-refractivity contribution in [1.29, 1.82) is 0 Å². The van der Waals surface area contributed by atoms with Crippen LogP contribution in [0.15, 0.2) is 51.1 Å². The van der Waals surface area contributed by atoms with Crippen molar-refractivity contribution in [2.75, 3.05) is 0 Å². The average molecular weight is 385 g/mol. The average Bonchev–Trinajstić information content (AvgIpc) is 2.76. The minimum atomic E-state index is -0.0509. The molecule has 0 saturated carbocycles. The van der Waals surface area contributed by atoms with Gasteiger partial charge in [-0.1, -0.05) is 45.2 Å². The SMILES string of the molecule is Oc1[nH]c2ccc(Br)cc2c1N=Nc1cccc(Cl)c1Cl. The molecule has 0 aliphatic heterocycles. The van der Waals surface area contributed by atoms with Crippen LogP contribution in [0.1, 0.15) is 0 Å². The quantitative estimate of drug-likeness (QED) is 0.496. The zero-order chi connectivity index (χ0) is 15.0. The molecule has 0 atom stereocenters. The van der Waals surface area contributed by atoms with Crippen LogP contribution in [0.5, 0.6) is 5.88 Å². The summed E-state index contributed by atoms with van der Waals surface area (Å²) in [6.07, 6.45) is 0. The number of hydrogen-bond acceptors (Lipinski definition) is 3. The van der Waals surface area contributed by atoms with Crippen molar-refractivity contribution in [3.63, 3.8) is 0 Å². The van der Waals surface area contributed by atoms with Crippen LogP contribution in [0.25, 0.3) is 10.9 Å². The van der Waals surface area contributed by atoms with Crippen molar-refractivity contribution in [3.05, 3.63) is 50.9 Å². The van der Waals surface area contributed by atoms with E-state index in [1.807, 2.05) is 18.2 Å². The van der Waals surface area contributed by atoms with Crippen LogP contribution in [0, 0.1) is 0 Å². The van der Waals surface area contributed by atoms with Gasteiger partial charge in [-0.3, -0.25) is 0 Å². The number of nitrogens with one attached hydrogen (secondary N) is 1. The Morgan fingerprint density at radius 3 is 2.71 bits per heavy atom. The number of nitrogens with zero attached hydrogens (tertiary/aromatic N) is 2. The summed E-state index contributed by atoms with van der Waals surface area (Å²) in [5, 5.41) is 19.6. The Bertz CT molecular complexity index is 861. The number of rotatable bonds is 2. The molecule has 0 radical (unpaired) electrons. The molecule has 4 nitrogen and oxygen atoms in total. The molecule has 1 heterocycles. The second-order valence-electron chi connectivity index (χ2n) is 4.29. The number of azo groups is 1. The van der Waals surface area contributed by atoms with E-state index in [-0.39, 0.29) is 5.88 Å². The number of aromatic amines is 1. The van der Waals surface area contributed by atoms with E-state index in [1.54, 1.807) is 18.2 Å². The largest absolute Gasteiger partial charge is 0.493 e. The highest BCUT2D eigenvalue weighted by Crippen LogP contribution is 2.39. The first-order chi connectivity index (χ1) is 10.1. The van der Waals surface area contributed by atoms with Crippen LogP contribution in [-0.4, -0.2) is 10.1 Å². The number of aromatic hydroxyl groups is 1. The van der Waals surface area contributed by atoms with Gasteiger partial charge in [-0.2, -0.15) is 0 Å². The maximum absolute atomic E-state index is 9.94. The van der Waals surface area contributed by atoms with E-state index in [9.17, 15) is 5.11 Å².